The lowest BCUT2D eigenvalue weighted by Gasteiger charge is -2.49. The summed E-state index contributed by atoms with van der Waals surface area (Å²) in [5.41, 5.74) is -0.109. The molecule has 8 heteroatoms. The lowest BCUT2D eigenvalue weighted by atomic mass is 9.81. The maximum atomic E-state index is 13.6. The Kier molecular flexibility index (Phi) is 4.04. The van der Waals surface area contributed by atoms with E-state index in [1.807, 2.05) is 0 Å². The molecule has 1 amide bonds. The average Bonchev–Trinajstić information content (AvgIpc) is 3.04. The van der Waals surface area contributed by atoms with Crippen LogP contribution in [-0.2, 0) is 4.74 Å². The Labute approximate surface area is 143 Å². The third-order valence-corrected chi connectivity index (χ3v) is 4.73. The van der Waals surface area contributed by atoms with E-state index in [4.69, 9.17) is 9.47 Å². The molecule has 130 valence electrons. The van der Waals surface area contributed by atoms with Crippen molar-refractivity contribution in [2.24, 2.45) is 5.92 Å². The number of rotatable bonds is 4. The third kappa shape index (κ3) is 2.93. The SMILES string of the molecule is O=C(c1cnccn1)N1CC2(C1)OCC[C@H]2COc1ncccc1F. The molecular formula is C17H17FN4O3. The summed E-state index contributed by atoms with van der Waals surface area (Å²) in [7, 11) is 0. The van der Waals surface area contributed by atoms with Crippen molar-refractivity contribution in [1.29, 1.82) is 0 Å². The highest BCUT2D eigenvalue weighted by atomic mass is 19.1. The largest absolute Gasteiger partial charge is 0.475 e. The fourth-order valence-electron chi connectivity index (χ4n) is 3.34. The van der Waals surface area contributed by atoms with Crippen LogP contribution < -0.4 is 4.74 Å². The molecule has 2 saturated heterocycles. The molecule has 2 fully saturated rings. The predicted molar refractivity (Wildman–Crippen MR) is 84.4 cm³/mol. The highest BCUT2D eigenvalue weighted by molar-refractivity contribution is 5.92. The number of pyridine rings is 1. The standard InChI is InChI=1S/C17H17FN4O3/c18-13-2-1-4-21-15(13)24-9-12-3-7-25-17(12)10-22(11-17)16(23)14-8-19-5-6-20-14/h1-2,4-6,8,12H,3,7,9-11H2/t12-/m0/s1. The minimum atomic E-state index is -0.483. The molecule has 0 radical (unpaired) electrons. The first-order valence-corrected chi connectivity index (χ1v) is 8.10. The third-order valence-electron chi connectivity index (χ3n) is 4.73. The smallest absolute Gasteiger partial charge is 0.274 e. The van der Waals surface area contributed by atoms with Gasteiger partial charge in [-0.15, -0.1) is 0 Å². The first-order valence-electron chi connectivity index (χ1n) is 8.10. The minimum Gasteiger partial charge on any atom is -0.475 e. The number of likely N-dealkylation sites (tertiary alicyclic amines) is 1. The summed E-state index contributed by atoms with van der Waals surface area (Å²) in [4.78, 5) is 25.9. The summed E-state index contributed by atoms with van der Waals surface area (Å²) < 4.78 is 25.1. The summed E-state index contributed by atoms with van der Waals surface area (Å²) in [6, 6.07) is 2.83. The number of hydrogen-bond donors (Lipinski definition) is 0. The highest BCUT2D eigenvalue weighted by Crippen LogP contribution is 2.40. The zero-order valence-electron chi connectivity index (χ0n) is 13.5. The van der Waals surface area contributed by atoms with Gasteiger partial charge in [-0.1, -0.05) is 0 Å². The number of ether oxygens (including phenoxy) is 2. The molecule has 2 aliphatic rings. The Balaban J connectivity index is 1.38. The van der Waals surface area contributed by atoms with Crippen molar-refractivity contribution in [1.82, 2.24) is 19.9 Å². The van der Waals surface area contributed by atoms with E-state index in [0.29, 0.717) is 32.0 Å². The Morgan fingerprint density at radius 2 is 2.24 bits per heavy atom. The number of carbonyl (C=O) groups excluding carboxylic acids is 1. The molecule has 2 aromatic rings. The topological polar surface area (TPSA) is 77.4 Å². The van der Waals surface area contributed by atoms with E-state index in [9.17, 15) is 9.18 Å². The molecule has 2 aromatic heterocycles. The monoisotopic (exact) mass is 344 g/mol. The van der Waals surface area contributed by atoms with Gasteiger partial charge in [0.2, 0.25) is 5.88 Å². The Morgan fingerprint density at radius 1 is 1.36 bits per heavy atom. The van der Waals surface area contributed by atoms with Gasteiger partial charge in [0.1, 0.15) is 11.3 Å². The molecule has 7 nitrogen and oxygen atoms in total. The van der Waals surface area contributed by atoms with Crippen molar-refractivity contribution in [2.75, 3.05) is 26.3 Å². The van der Waals surface area contributed by atoms with Crippen molar-refractivity contribution >= 4 is 5.91 Å². The normalized spacial score (nSPS) is 21.2. The van der Waals surface area contributed by atoms with Crippen molar-refractivity contribution < 1.29 is 18.7 Å². The maximum absolute atomic E-state index is 13.6. The summed E-state index contributed by atoms with van der Waals surface area (Å²) in [6.45, 7) is 1.86. The van der Waals surface area contributed by atoms with Gasteiger partial charge in [-0.25, -0.2) is 14.4 Å². The zero-order valence-corrected chi connectivity index (χ0v) is 13.5. The Morgan fingerprint density at radius 3 is 3.00 bits per heavy atom. The van der Waals surface area contributed by atoms with Gasteiger partial charge in [0.25, 0.3) is 5.91 Å². The molecule has 0 unspecified atom stereocenters. The van der Waals surface area contributed by atoms with E-state index in [-0.39, 0.29) is 17.7 Å². The first kappa shape index (κ1) is 15.9. The van der Waals surface area contributed by atoms with Crippen LogP contribution in [0.2, 0.25) is 0 Å². The molecule has 0 saturated carbocycles. The number of amides is 1. The summed E-state index contributed by atoms with van der Waals surface area (Å²) >= 11 is 0. The van der Waals surface area contributed by atoms with Crippen molar-refractivity contribution in [3.8, 4) is 5.88 Å². The van der Waals surface area contributed by atoms with Crippen LogP contribution in [0.25, 0.3) is 0 Å². The minimum absolute atomic E-state index is 0.00336. The van der Waals surface area contributed by atoms with Gasteiger partial charge in [0.05, 0.1) is 25.9 Å². The zero-order chi connectivity index (χ0) is 17.3. The second-order valence-corrected chi connectivity index (χ2v) is 6.25. The fourth-order valence-corrected chi connectivity index (χ4v) is 3.34. The number of hydrogen-bond acceptors (Lipinski definition) is 6. The van der Waals surface area contributed by atoms with Crippen molar-refractivity contribution in [3.05, 3.63) is 48.4 Å². The van der Waals surface area contributed by atoms with Crippen LogP contribution in [0.1, 0.15) is 16.9 Å². The molecule has 0 aromatic carbocycles. The quantitative estimate of drug-likeness (QED) is 0.833. The molecular weight excluding hydrogens is 327 g/mol. The van der Waals surface area contributed by atoms with Gasteiger partial charge in [-0.2, -0.15) is 0 Å². The number of carbonyl (C=O) groups is 1. The molecule has 0 bridgehead atoms. The van der Waals surface area contributed by atoms with E-state index in [1.54, 1.807) is 4.90 Å². The van der Waals surface area contributed by atoms with Gasteiger partial charge < -0.3 is 14.4 Å². The van der Waals surface area contributed by atoms with Crippen LogP contribution in [0.5, 0.6) is 5.88 Å². The highest BCUT2D eigenvalue weighted by Gasteiger charge is 2.55. The Bertz CT molecular complexity index is 767. The Hall–Kier alpha value is -2.61. The average molecular weight is 344 g/mol. The van der Waals surface area contributed by atoms with Gasteiger partial charge in [-0.3, -0.25) is 9.78 Å². The molecule has 1 atom stereocenters. The van der Waals surface area contributed by atoms with Crippen LogP contribution in [0.4, 0.5) is 4.39 Å². The van der Waals surface area contributed by atoms with E-state index in [0.717, 1.165) is 6.42 Å². The maximum Gasteiger partial charge on any atom is 0.274 e. The molecule has 4 rings (SSSR count). The van der Waals surface area contributed by atoms with Crippen LogP contribution in [0.15, 0.2) is 36.9 Å². The van der Waals surface area contributed by atoms with Gasteiger partial charge in [0.15, 0.2) is 5.82 Å². The molecule has 25 heavy (non-hydrogen) atoms. The number of halogens is 1. The van der Waals surface area contributed by atoms with Gasteiger partial charge in [0, 0.05) is 31.1 Å². The van der Waals surface area contributed by atoms with Crippen LogP contribution in [0.3, 0.4) is 0 Å². The van der Waals surface area contributed by atoms with Gasteiger partial charge >= 0.3 is 0 Å². The van der Waals surface area contributed by atoms with Crippen LogP contribution in [0, 0.1) is 11.7 Å². The van der Waals surface area contributed by atoms with Crippen molar-refractivity contribution in [3.63, 3.8) is 0 Å². The molecule has 4 heterocycles. The van der Waals surface area contributed by atoms with Crippen LogP contribution in [-0.4, -0.2) is 57.7 Å². The first-order chi connectivity index (χ1) is 12.2. The molecule has 0 aliphatic carbocycles. The number of aromatic nitrogens is 3. The second-order valence-electron chi connectivity index (χ2n) is 6.25. The van der Waals surface area contributed by atoms with Crippen molar-refractivity contribution in [2.45, 2.75) is 12.0 Å². The lowest BCUT2D eigenvalue weighted by molar-refractivity contribution is -0.122. The van der Waals surface area contributed by atoms with E-state index in [1.165, 1.54) is 36.9 Å². The summed E-state index contributed by atoms with van der Waals surface area (Å²) in [5.74, 6) is -0.565. The molecule has 2 aliphatic heterocycles. The van der Waals surface area contributed by atoms with E-state index >= 15 is 0 Å². The van der Waals surface area contributed by atoms with Gasteiger partial charge in [-0.05, 0) is 18.6 Å². The summed E-state index contributed by atoms with van der Waals surface area (Å²) in [6.07, 6.45) is 6.77. The van der Waals surface area contributed by atoms with E-state index in [2.05, 4.69) is 15.0 Å². The predicted octanol–water partition coefficient (Wildman–Crippen LogP) is 1.32. The fraction of sp³-hybridized carbons (Fsp3) is 0.412. The second kappa shape index (κ2) is 6.36. The lowest BCUT2D eigenvalue weighted by Crippen LogP contribution is -2.66. The summed E-state index contributed by atoms with van der Waals surface area (Å²) in [5, 5.41) is 0. The number of nitrogens with zero attached hydrogens (tertiary/aromatic N) is 4. The van der Waals surface area contributed by atoms with Crippen LogP contribution >= 0.6 is 0 Å². The van der Waals surface area contributed by atoms with E-state index < -0.39 is 11.4 Å². The molecule has 0 N–H and O–H groups in total. The molecule has 1 spiro atoms.